The standard InChI is InChI=1S/C26H27F2N3O2/c27-26(28)33-23-14-8-7-13-22(23)29-24(32)19-30-15-17-31(18-16-30)25(20-9-3-1-4-10-20)21-11-5-2-6-12-21/h1-14,25-26H,15-19H2,(H,29,32). The maximum Gasteiger partial charge on any atom is 0.387 e. The predicted octanol–water partition coefficient (Wildman–Crippen LogP) is 4.63. The van der Waals surface area contributed by atoms with Gasteiger partial charge in [0.05, 0.1) is 18.3 Å². The molecule has 7 heteroatoms. The molecular formula is C26H27F2N3O2. The highest BCUT2D eigenvalue weighted by Gasteiger charge is 2.27. The van der Waals surface area contributed by atoms with Crippen LogP contribution >= 0.6 is 0 Å². The maximum absolute atomic E-state index is 12.6. The number of hydrogen-bond acceptors (Lipinski definition) is 4. The van der Waals surface area contributed by atoms with E-state index in [1.165, 1.54) is 17.2 Å². The average molecular weight is 452 g/mol. The maximum atomic E-state index is 12.6. The number of halogens is 2. The van der Waals surface area contributed by atoms with E-state index < -0.39 is 6.61 Å². The van der Waals surface area contributed by atoms with Gasteiger partial charge in [0.1, 0.15) is 5.75 Å². The Morgan fingerprint density at radius 3 is 1.94 bits per heavy atom. The summed E-state index contributed by atoms with van der Waals surface area (Å²) < 4.78 is 29.7. The summed E-state index contributed by atoms with van der Waals surface area (Å²) in [7, 11) is 0. The van der Waals surface area contributed by atoms with Gasteiger partial charge in [-0.25, -0.2) is 0 Å². The molecule has 1 N–H and O–H groups in total. The van der Waals surface area contributed by atoms with E-state index in [1.807, 2.05) is 12.1 Å². The van der Waals surface area contributed by atoms with E-state index in [0.29, 0.717) is 0 Å². The zero-order valence-electron chi connectivity index (χ0n) is 18.2. The molecular weight excluding hydrogens is 424 g/mol. The molecule has 172 valence electrons. The molecule has 1 saturated heterocycles. The smallest absolute Gasteiger partial charge is 0.387 e. The summed E-state index contributed by atoms with van der Waals surface area (Å²) >= 11 is 0. The fourth-order valence-electron chi connectivity index (χ4n) is 4.23. The van der Waals surface area contributed by atoms with E-state index in [1.54, 1.807) is 18.2 Å². The van der Waals surface area contributed by atoms with Crippen molar-refractivity contribution in [2.75, 3.05) is 38.0 Å². The van der Waals surface area contributed by atoms with Crippen molar-refractivity contribution in [2.45, 2.75) is 12.7 Å². The van der Waals surface area contributed by atoms with Crippen molar-refractivity contribution in [1.29, 1.82) is 0 Å². The van der Waals surface area contributed by atoms with Gasteiger partial charge in [0.15, 0.2) is 0 Å². The first-order valence-electron chi connectivity index (χ1n) is 11.0. The Kier molecular flexibility index (Phi) is 7.65. The first kappa shape index (κ1) is 22.9. The summed E-state index contributed by atoms with van der Waals surface area (Å²) in [6.07, 6.45) is 0. The second kappa shape index (κ2) is 11.0. The minimum Gasteiger partial charge on any atom is -0.433 e. The minimum absolute atomic E-state index is 0.0424. The highest BCUT2D eigenvalue weighted by atomic mass is 19.3. The van der Waals surface area contributed by atoms with Crippen molar-refractivity contribution in [3.63, 3.8) is 0 Å². The second-order valence-corrected chi connectivity index (χ2v) is 7.96. The van der Waals surface area contributed by atoms with Crippen LogP contribution in [0.25, 0.3) is 0 Å². The number of piperazine rings is 1. The van der Waals surface area contributed by atoms with Crippen LogP contribution < -0.4 is 10.1 Å². The van der Waals surface area contributed by atoms with Gasteiger partial charge in [0.25, 0.3) is 0 Å². The third-order valence-corrected chi connectivity index (χ3v) is 5.75. The molecule has 0 bridgehead atoms. The molecule has 3 aromatic carbocycles. The number of carbonyl (C=O) groups is 1. The fraction of sp³-hybridized carbons (Fsp3) is 0.269. The van der Waals surface area contributed by atoms with Crippen LogP contribution in [0.4, 0.5) is 14.5 Å². The Hall–Kier alpha value is -3.29. The first-order valence-corrected chi connectivity index (χ1v) is 11.0. The Morgan fingerprint density at radius 1 is 0.818 bits per heavy atom. The molecule has 1 amide bonds. The van der Waals surface area contributed by atoms with Crippen molar-refractivity contribution < 1.29 is 18.3 Å². The van der Waals surface area contributed by atoms with E-state index in [2.05, 4.69) is 68.4 Å². The van der Waals surface area contributed by atoms with Crippen LogP contribution in [0, 0.1) is 0 Å². The van der Waals surface area contributed by atoms with Crippen molar-refractivity contribution in [2.24, 2.45) is 0 Å². The number of nitrogens with one attached hydrogen (secondary N) is 1. The Balaban J connectivity index is 1.37. The number of benzene rings is 3. The Morgan fingerprint density at radius 2 is 1.36 bits per heavy atom. The molecule has 1 fully saturated rings. The third-order valence-electron chi connectivity index (χ3n) is 5.75. The van der Waals surface area contributed by atoms with E-state index in [9.17, 15) is 13.6 Å². The Bertz CT molecular complexity index is 986. The van der Waals surface area contributed by atoms with Crippen molar-refractivity contribution >= 4 is 11.6 Å². The van der Waals surface area contributed by atoms with Crippen LogP contribution in [0.2, 0.25) is 0 Å². The normalized spacial score (nSPS) is 15.0. The van der Waals surface area contributed by atoms with Gasteiger partial charge in [-0.3, -0.25) is 14.6 Å². The van der Waals surface area contributed by atoms with Gasteiger partial charge in [-0.15, -0.1) is 0 Å². The average Bonchev–Trinajstić information content (AvgIpc) is 2.83. The second-order valence-electron chi connectivity index (χ2n) is 7.96. The topological polar surface area (TPSA) is 44.8 Å². The predicted molar refractivity (Wildman–Crippen MR) is 124 cm³/mol. The number of para-hydroxylation sites is 2. The van der Waals surface area contributed by atoms with Crippen LogP contribution in [-0.2, 0) is 4.79 Å². The van der Waals surface area contributed by atoms with E-state index in [0.717, 1.165) is 26.2 Å². The summed E-state index contributed by atoms with van der Waals surface area (Å²) in [4.78, 5) is 17.1. The first-order chi connectivity index (χ1) is 16.1. The highest BCUT2D eigenvalue weighted by molar-refractivity contribution is 5.93. The molecule has 1 heterocycles. The summed E-state index contributed by atoms with van der Waals surface area (Å²) in [5.74, 6) is -0.296. The number of hydrogen-bond donors (Lipinski definition) is 1. The zero-order valence-corrected chi connectivity index (χ0v) is 18.2. The molecule has 1 aliphatic heterocycles. The van der Waals surface area contributed by atoms with Crippen LogP contribution in [0.3, 0.4) is 0 Å². The lowest BCUT2D eigenvalue weighted by Gasteiger charge is -2.39. The molecule has 0 radical (unpaired) electrons. The summed E-state index contributed by atoms with van der Waals surface area (Å²) in [6.45, 7) is 0.341. The lowest BCUT2D eigenvalue weighted by Crippen LogP contribution is -2.49. The third kappa shape index (κ3) is 6.15. The number of anilines is 1. The molecule has 0 saturated carbocycles. The number of carbonyl (C=O) groups excluding carboxylic acids is 1. The molecule has 33 heavy (non-hydrogen) atoms. The number of alkyl halides is 2. The van der Waals surface area contributed by atoms with Crippen LogP contribution in [0.15, 0.2) is 84.9 Å². The number of amides is 1. The van der Waals surface area contributed by atoms with E-state index in [-0.39, 0.29) is 29.9 Å². The van der Waals surface area contributed by atoms with Crippen molar-refractivity contribution in [3.05, 3.63) is 96.1 Å². The summed E-state index contributed by atoms with van der Waals surface area (Å²) in [6, 6.07) is 27.2. The number of ether oxygens (including phenoxy) is 1. The van der Waals surface area contributed by atoms with Gasteiger partial charge in [0, 0.05) is 26.2 Å². The molecule has 0 aliphatic carbocycles. The fourth-order valence-corrected chi connectivity index (χ4v) is 4.23. The van der Waals surface area contributed by atoms with E-state index in [4.69, 9.17) is 0 Å². The van der Waals surface area contributed by atoms with Gasteiger partial charge in [-0.1, -0.05) is 72.8 Å². The van der Waals surface area contributed by atoms with Crippen molar-refractivity contribution in [3.8, 4) is 5.75 Å². The number of nitrogens with zero attached hydrogens (tertiary/aromatic N) is 2. The highest BCUT2D eigenvalue weighted by Crippen LogP contribution is 2.29. The molecule has 5 nitrogen and oxygen atoms in total. The van der Waals surface area contributed by atoms with Crippen LogP contribution in [-0.4, -0.2) is 55.0 Å². The molecule has 0 unspecified atom stereocenters. The summed E-state index contributed by atoms with van der Waals surface area (Å²) in [5, 5.41) is 2.70. The monoisotopic (exact) mass is 451 g/mol. The molecule has 3 aromatic rings. The van der Waals surface area contributed by atoms with Gasteiger partial charge in [-0.05, 0) is 23.3 Å². The molecule has 0 aromatic heterocycles. The minimum atomic E-state index is -2.95. The van der Waals surface area contributed by atoms with Gasteiger partial charge in [0.2, 0.25) is 5.91 Å². The van der Waals surface area contributed by atoms with Gasteiger partial charge < -0.3 is 10.1 Å². The van der Waals surface area contributed by atoms with Crippen LogP contribution in [0.5, 0.6) is 5.75 Å². The zero-order chi connectivity index (χ0) is 23.0. The lowest BCUT2D eigenvalue weighted by molar-refractivity contribution is -0.117. The largest absolute Gasteiger partial charge is 0.433 e. The van der Waals surface area contributed by atoms with Gasteiger partial charge in [-0.2, -0.15) is 8.78 Å². The SMILES string of the molecule is O=C(CN1CCN(C(c2ccccc2)c2ccccc2)CC1)Nc1ccccc1OC(F)F. The quantitative estimate of drug-likeness (QED) is 0.542. The van der Waals surface area contributed by atoms with Gasteiger partial charge >= 0.3 is 6.61 Å². The lowest BCUT2D eigenvalue weighted by atomic mass is 9.96. The molecule has 0 spiro atoms. The number of rotatable bonds is 8. The van der Waals surface area contributed by atoms with Crippen molar-refractivity contribution in [1.82, 2.24) is 9.80 Å². The molecule has 4 rings (SSSR count). The molecule has 1 aliphatic rings. The Labute approximate surface area is 192 Å². The van der Waals surface area contributed by atoms with Crippen LogP contribution in [0.1, 0.15) is 17.2 Å². The summed E-state index contributed by atoms with van der Waals surface area (Å²) in [5.41, 5.74) is 2.73. The van der Waals surface area contributed by atoms with E-state index >= 15 is 0 Å². The molecule has 0 atom stereocenters.